The van der Waals surface area contributed by atoms with Crippen molar-refractivity contribution in [2.45, 2.75) is 64.1 Å². The second-order valence-electron chi connectivity index (χ2n) is 10.5. The summed E-state index contributed by atoms with van der Waals surface area (Å²) in [6.45, 7) is 11.3. The molecule has 0 heterocycles. The fourth-order valence-corrected chi connectivity index (χ4v) is 6.33. The third-order valence-electron chi connectivity index (χ3n) is 7.94. The van der Waals surface area contributed by atoms with Crippen molar-refractivity contribution in [1.82, 2.24) is 0 Å². The molecular formula is C24H32O3Si. The summed E-state index contributed by atoms with van der Waals surface area (Å²) in [6, 6.07) is 8.47. The molecule has 1 aromatic carbocycles. The van der Waals surface area contributed by atoms with Crippen LogP contribution in [0.3, 0.4) is 0 Å². The Morgan fingerprint density at radius 2 is 1.93 bits per heavy atom. The van der Waals surface area contributed by atoms with Gasteiger partial charge in [-0.3, -0.25) is 4.79 Å². The Labute approximate surface area is 169 Å². The Balaban J connectivity index is 1.60. The van der Waals surface area contributed by atoms with Crippen LogP contribution in [-0.4, -0.2) is 19.4 Å². The van der Waals surface area contributed by atoms with Crippen LogP contribution in [0.15, 0.2) is 48.6 Å². The van der Waals surface area contributed by atoms with E-state index in [0.717, 1.165) is 25.0 Å². The van der Waals surface area contributed by atoms with Crippen LogP contribution in [0.25, 0.3) is 0 Å². The lowest BCUT2D eigenvalue weighted by Gasteiger charge is -2.37. The average molecular weight is 397 g/mol. The van der Waals surface area contributed by atoms with Crippen LogP contribution < -0.4 is 4.43 Å². The molecule has 0 aromatic heterocycles. The standard InChI is InChI=1S/C24H32O3Si/c1-22(2,3)28(4,5)27-19-10-8-9-17(15-19)18-11-14-23-12-6-7-13-24(23,16-18)20(23)21(25)26/h6-11,14-15,18,20H,12-13,16H2,1-5H3,(H,25,26)/t18-,20+,23?,24?/m1/s1. The summed E-state index contributed by atoms with van der Waals surface area (Å²) in [5.74, 6) is 0.319. The summed E-state index contributed by atoms with van der Waals surface area (Å²) in [5.41, 5.74) is 0.976. The highest BCUT2D eigenvalue weighted by Gasteiger charge is 2.78. The lowest BCUT2D eigenvalue weighted by molar-refractivity contribution is -0.139. The molecule has 4 atom stereocenters. The molecule has 1 saturated carbocycles. The van der Waals surface area contributed by atoms with Gasteiger partial charge in [0.25, 0.3) is 0 Å². The van der Waals surface area contributed by atoms with E-state index < -0.39 is 14.3 Å². The smallest absolute Gasteiger partial charge is 0.308 e. The third-order valence-corrected chi connectivity index (χ3v) is 12.3. The number of carbonyl (C=O) groups is 1. The highest BCUT2D eigenvalue weighted by molar-refractivity contribution is 6.74. The molecule has 0 bridgehead atoms. The van der Waals surface area contributed by atoms with E-state index in [1.807, 2.05) is 0 Å². The summed E-state index contributed by atoms with van der Waals surface area (Å²) in [6.07, 6.45) is 11.5. The molecule has 1 aromatic rings. The van der Waals surface area contributed by atoms with Crippen molar-refractivity contribution in [3.05, 3.63) is 54.1 Å². The molecule has 4 heteroatoms. The number of carboxylic acids is 1. The lowest BCUT2D eigenvalue weighted by atomic mass is 9.72. The number of hydrogen-bond donors (Lipinski definition) is 1. The Morgan fingerprint density at radius 3 is 2.61 bits per heavy atom. The minimum Gasteiger partial charge on any atom is -0.543 e. The van der Waals surface area contributed by atoms with Crippen LogP contribution in [-0.2, 0) is 4.79 Å². The van der Waals surface area contributed by atoms with Gasteiger partial charge in [-0.05, 0) is 60.5 Å². The van der Waals surface area contributed by atoms with Crippen LogP contribution in [0.2, 0.25) is 18.1 Å². The van der Waals surface area contributed by atoms with Gasteiger partial charge in [-0.2, -0.15) is 0 Å². The van der Waals surface area contributed by atoms with Crippen molar-refractivity contribution in [2.24, 2.45) is 16.7 Å². The van der Waals surface area contributed by atoms with Gasteiger partial charge in [0.05, 0.1) is 5.92 Å². The third kappa shape index (κ3) is 2.72. The zero-order valence-corrected chi connectivity index (χ0v) is 18.7. The van der Waals surface area contributed by atoms with Gasteiger partial charge in [0.15, 0.2) is 0 Å². The molecule has 0 radical (unpaired) electrons. The number of allylic oxidation sites excluding steroid dienone is 4. The molecular weight excluding hydrogens is 364 g/mol. The zero-order valence-electron chi connectivity index (χ0n) is 17.7. The molecule has 0 saturated heterocycles. The Morgan fingerprint density at radius 1 is 1.21 bits per heavy atom. The van der Waals surface area contributed by atoms with E-state index >= 15 is 0 Å². The molecule has 1 N–H and O–H groups in total. The minimum absolute atomic E-state index is 0.108. The summed E-state index contributed by atoms with van der Waals surface area (Å²) < 4.78 is 6.51. The highest BCUT2D eigenvalue weighted by Crippen LogP contribution is 2.79. The normalized spacial score (nSPS) is 33.8. The fraction of sp³-hybridized carbons (Fsp3) is 0.542. The molecule has 0 spiro atoms. The first-order valence-corrected chi connectivity index (χ1v) is 13.3. The van der Waals surface area contributed by atoms with Gasteiger partial charge >= 0.3 is 5.97 Å². The quantitative estimate of drug-likeness (QED) is 0.490. The van der Waals surface area contributed by atoms with Crippen molar-refractivity contribution < 1.29 is 14.3 Å². The molecule has 1 fully saturated rings. The number of carboxylic acid groups (broad SMARTS) is 1. The average Bonchev–Trinajstić information content (AvgIpc) is 3.24. The number of aliphatic carboxylic acids is 1. The molecule has 0 amide bonds. The Kier molecular flexibility index (Phi) is 4.24. The first-order valence-electron chi connectivity index (χ1n) is 10.4. The molecule has 3 nitrogen and oxygen atoms in total. The van der Waals surface area contributed by atoms with E-state index in [1.54, 1.807) is 0 Å². The molecule has 4 rings (SSSR count). The van der Waals surface area contributed by atoms with Crippen LogP contribution in [0.5, 0.6) is 5.75 Å². The summed E-state index contributed by atoms with van der Waals surface area (Å²) in [5, 5.41) is 9.99. The van der Waals surface area contributed by atoms with Gasteiger partial charge < -0.3 is 9.53 Å². The van der Waals surface area contributed by atoms with E-state index in [-0.39, 0.29) is 27.7 Å². The Bertz CT molecular complexity index is 863. The second kappa shape index (κ2) is 6.09. The molecule has 2 unspecified atom stereocenters. The fourth-order valence-electron chi connectivity index (χ4n) is 5.31. The van der Waals surface area contributed by atoms with Crippen LogP contribution >= 0.6 is 0 Å². The van der Waals surface area contributed by atoms with E-state index in [2.05, 4.69) is 82.4 Å². The number of benzene rings is 1. The predicted octanol–water partition coefficient (Wildman–Crippen LogP) is 6.15. The van der Waals surface area contributed by atoms with Crippen molar-refractivity contribution in [3.8, 4) is 5.75 Å². The SMILES string of the molecule is CC(C)(C)[Si](C)(C)Oc1cccc([C@@H]2C=CC34CC=CCC3(C2)[C@H]4C(=O)O)c1. The van der Waals surface area contributed by atoms with Gasteiger partial charge in [-0.1, -0.05) is 57.2 Å². The van der Waals surface area contributed by atoms with Crippen LogP contribution in [0.4, 0.5) is 0 Å². The predicted molar refractivity (Wildman–Crippen MR) is 115 cm³/mol. The molecule has 0 aliphatic heterocycles. The summed E-state index contributed by atoms with van der Waals surface area (Å²) in [4.78, 5) is 12.0. The van der Waals surface area contributed by atoms with E-state index in [0.29, 0.717) is 0 Å². The molecule has 3 aliphatic carbocycles. The zero-order chi connectivity index (χ0) is 20.4. The van der Waals surface area contributed by atoms with Gasteiger partial charge in [0, 0.05) is 11.3 Å². The van der Waals surface area contributed by atoms with E-state index in [4.69, 9.17) is 4.43 Å². The van der Waals surface area contributed by atoms with Gasteiger partial charge in [0.1, 0.15) is 5.75 Å². The minimum atomic E-state index is -1.88. The van der Waals surface area contributed by atoms with Crippen molar-refractivity contribution in [1.29, 1.82) is 0 Å². The van der Waals surface area contributed by atoms with Crippen molar-refractivity contribution in [3.63, 3.8) is 0 Å². The second-order valence-corrected chi connectivity index (χ2v) is 15.2. The maximum absolute atomic E-state index is 12.0. The summed E-state index contributed by atoms with van der Waals surface area (Å²) in [7, 11) is -1.88. The topological polar surface area (TPSA) is 46.5 Å². The van der Waals surface area contributed by atoms with Crippen LogP contribution in [0, 0.1) is 16.7 Å². The highest BCUT2D eigenvalue weighted by atomic mass is 28.4. The van der Waals surface area contributed by atoms with E-state index in [9.17, 15) is 9.90 Å². The van der Waals surface area contributed by atoms with E-state index in [1.165, 1.54) is 5.56 Å². The van der Waals surface area contributed by atoms with Crippen LogP contribution in [0.1, 0.15) is 51.5 Å². The largest absolute Gasteiger partial charge is 0.543 e. The molecule has 3 aliphatic rings. The van der Waals surface area contributed by atoms with Gasteiger partial charge in [-0.25, -0.2) is 0 Å². The van der Waals surface area contributed by atoms with Crippen molar-refractivity contribution >= 4 is 14.3 Å². The summed E-state index contributed by atoms with van der Waals surface area (Å²) >= 11 is 0. The van der Waals surface area contributed by atoms with Gasteiger partial charge in [0.2, 0.25) is 8.32 Å². The number of rotatable bonds is 4. The first-order chi connectivity index (χ1) is 13.0. The van der Waals surface area contributed by atoms with Crippen molar-refractivity contribution in [2.75, 3.05) is 0 Å². The first kappa shape index (κ1) is 19.5. The van der Waals surface area contributed by atoms with Gasteiger partial charge in [-0.15, -0.1) is 0 Å². The Hall–Kier alpha value is -1.81. The monoisotopic (exact) mass is 396 g/mol. The number of hydrogen-bond acceptors (Lipinski definition) is 2. The maximum Gasteiger partial charge on any atom is 0.308 e. The molecule has 150 valence electrons. The molecule has 28 heavy (non-hydrogen) atoms. The lowest BCUT2D eigenvalue weighted by Crippen LogP contribution is -2.43. The maximum atomic E-state index is 12.0.